The van der Waals surface area contributed by atoms with E-state index < -0.39 is 0 Å². The average molecular weight is 320 g/mol. The number of esters is 1. The van der Waals surface area contributed by atoms with Gasteiger partial charge in [0, 0.05) is 18.8 Å². The number of hydrogen-bond acceptors (Lipinski definition) is 3. The number of thiocarbonyl (C=S) groups is 1. The smallest absolute Gasteiger partial charge is 0.310 e. The number of aryl methyl sites for hydroxylation is 2. The number of likely N-dealkylation sites (tertiary alicyclic amines) is 1. The quantitative estimate of drug-likeness (QED) is 0.684. The number of anilines is 1. The van der Waals surface area contributed by atoms with Crippen molar-refractivity contribution in [1.29, 1.82) is 0 Å². The van der Waals surface area contributed by atoms with Crippen LogP contribution in [0.15, 0.2) is 18.2 Å². The Morgan fingerprint density at radius 3 is 2.91 bits per heavy atom. The number of rotatable bonds is 3. The molecule has 1 aliphatic rings. The summed E-state index contributed by atoms with van der Waals surface area (Å²) in [7, 11) is 0. The molecule has 0 radical (unpaired) electrons. The molecule has 1 fully saturated rings. The minimum atomic E-state index is -0.110. The van der Waals surface area contributed by atoms with Crippen molar-refractivity contribution in [2.24, 2.45) is 5.92 Å². The molecule has 120 valence electrons. The minimum absolute atomic E-state index is 0.0763. The van der Waals surface area contributed by atoms with E-state index in [0.29, 0.717) is 18.3 Å². The second-order valence-corrected chi connectivity index (χ2v) is 6.17. The highest BCUT2D eigenvalue weighted by atomic mass is 32.1. The molecule has 0 spiro atoms. The molecular weight excluding hydrogens is 296 g/mol. The van der Waals surface area contributed by atoms with Gasteiger partial charge in [0.15, 0.2) is 5.11 Å². The molecule has 1 atom stereocenters. The molecule has 4 nitrogen and oxygen atoms in total. The highest BCUT2D eigenvalue weighted by Gasteiger charge is 2.28. The maximum atomic E-state index is 11.9. The first-order valence-corrected chi connectivity index (χ1v) is 8.22. The Morgan fingerprint density at radius 2 is 2.23 bits per heavy atom. The molecule has 0 amide bonds. The molecule has 0 aromatic heterocycles. The number of nitrogens with one attached hydrogen (secondary N) is 1. The van der Waals surface area contributed by atoms with Crippen molar-refractivity contribution in [1.82, 2.24) is 4.90 Å². The number of piperidine rings is 1. The fourth-order valence-electron chi connectivity index (χ4n) is 2.76. The number of hydrogen-bond donors (Lipinski definition) is 1. The topological polar surface area (TPSA) is 41.6 Å². The Morgan fingerprint density at radius 1 is 1.45 bits per heavy atom. The predicted octanol–water partition coefficient (Wildman–Crippen LogP) is 3.28. The lowest BCUT2D eigenvalue weighted by atomic mass is 9.98. The minimum Gasteiger partial charge on any atom is -0.466 e. The normalized spacial score (nSPS) is 18.0. The van der Waals surface area contributed by atoms with Crippen molar-refractivity contribution >= 4 is 29.0 Å². The van der Waals surface area contributed by atoms with Gasteiger partial charge in [-0.2, -0.15) is 0 Å². The van der Waals surface area contributed by atoms with Gasteiger partial charge >= 0.3 is 5.97 Å². The summed E-state index contributed by atoms with van der Waals surface area (Å²) in [5, 5.41) is 3.99. The second-order valence-electron chi connectivity index (χ2n) is 5.79. The fourth-order valence-corrected chi connectivity index (χ4v) is 3.04. The lowest BCUT2D eigenvalue weighted by Gasteiger charge is -2.33. The number of carbonyl (C=O) groups excluding carboxylic acids is 1. The molecule has 1 aliphatic heterocycles. The first-order chi connectivity index (χ1) is 10.5. The number of benzene rings is 1. The van der Waals surface area contributed by atoms with Crippen LogP contribution >= 0.6 is 12.2 Å². The first-order valence-electron chi connectivity index (χ1n) is 7.81. The van der Waals surface area contributed by atoms with Gasteiger partial charge in [0.25, 0.3) is 0 Å². The Hall–Kier alpha value is -1.62. The maximum Gasteiger partial charge on any atom is 0.310 e. The molecule has 0 saturated carbocycles. The Labute approximate surface area is 137 Å². The summed E-state index contributed by atoms with van der Waals surface area (Å²) in [4.78, 5) is 14.0. The van der Waals surface area contributed by atoms with Gasteiger partial charge in [0.05, 0.1) is 12.5 Å². The van der Waals surface area contributed by atoms with Crippen molar-refractivity contribution in [3.63, 3.8) is 0 Å². The van der Waals surface area contributed by atoms with Crippen LogP contribution in [-0.2, 0) is 9.53 Å². The van der Waals surface area contributed by atoms with E-state index in [4.69, 9.17) is 17.0 Å². The predicted molar refractivity (Wildman–Crippen MR) is 93.1 cm³/mol. The Bertz CT molecular complexity index is 560. The zero-order valence-corrected chi connectivity index (χ0v) is 14.3. The molecule has 5 heteroatoms. The van der Waals surface area contributed by atoms with Crippen molar-refractivity contribution in [3.05, 3.63) is 29.3 Å². The summed E-state index contributed by atoms with van der Waals surface area (Å²) in [6.07, 6.45) is 1.83. The van der Waals surface area contributed by atoms with Gasteiger partial charge in [0.1, 0.15) is 0 Å². The van der Waals surface area contributed by atoms with Crippen molar-refractivity contribution in [2.75, 3.05) is 25.0 Å². The zero-order chi connectivity index (χ0) is 16.1. The van der Waals surface area contributed by atoms with Crippen LogP contribution in [-0.4, -0.2) is 35.7 Å². The molecule has 2 rings (SSSR count). The summed E-state index contributed by atoms with van der Waals surface area (Å²) in [5.74, 6) is -0.186. The second kappa shape index (κ2) is 7.58. The van der Waals surface area contributed by atoms with Gasteiger partial charge in [-0.3, -0.25) is 4.79 Å². The van der Waals surface area contributed by atoms with Crippen molar-refractivity contribution < 1.29 is 9.53 Å². The number of carbonyl (C=O) groups is 1. The Kier molecular flexibility index (Phi) is 5.77. The van der Waals surface area contributed by atoms with Gasteiger partial charge in [-0.1, -0.05) is 17.7 Å². The molecule has 0 bridgehead atoms. The van der Waals surface area contributed by atoms with Crippen LogP contribution in [0.1, 0.15) is 30.9 Å². The van der Waals surface area contributed by atoms with E-state index in [2.05, 4.69) is 36.2 Å². The standard InChI is InChI=1S/C17H24N2O2S/c1-4-21-16(20)14-6-5-9-19(11-14)17(22)18-15-8-7-12(2)10-13(15)3/h7-8,10,14H,4-6,9,11H2,1-3H3,(H,18,22)/t14-/m0/s1. The average Bonchev–Trinajstić information content (AvgIpc) is 2.50. The van der Waals surface area contributed by atoms with Crippen LogP contribution in [0.4, 0.5) is 5.69 Å². The van der Waals surface area contributed by atoms with E-state index in [0.717, 1.165) is 25.1 Å². The maximum absolute atomic E-state index is 11.9. The number of ether oxygens (including phenoxy) is 1. The van der Waals surface area contributed by atoms with Gasteiger partial charge in [-0.15, -0.1) is 0 Å². The third kappa shape index (κ3) is 4.19. The van der Waals surface area contributed by atoms with E-state index in [9.17, 15) is 4.79 Å². The van der Waals surface area contributed by atoms with Crippen LogP contribution in [0, 0.1) is 19.8 Å². The molecule has 1 aromatic carbocycles. The summed E-state index contributed by atoms with van der Waals surface area (Å²) < 4.78 is 5.13. The van der Waals surface area contributed by atoms with E-state index in [1.165, 1.54) is 11.1 Å². The van der Waals surface area contributed by atoms with Crippen LogP contribution in [0.5, 0.6) is 0 Å². The third-order valence-electron chi connectivity index (χ3n) is 3.95. The Balaban J connectivity index is 1.98. The van der Waals surface area contributed by atoms with E-state index in [1.807, 2.05) is 13.0 Å². The lowest BCUT2D eigenvalue weighted by molar-refractivity contribution is -0.149. The fraction of sp³-hybridized carbons (Fsp3) is 0.529. The number of nitrogens with zero attached hydrogens (tertiary/aromatic N) is 1. The van der Waals surface area contributed by atoms with E-state index in [-0.39, 0.29) is 11.9 Å². The lowest BCUT2D eigenvalue weighted by Crippen LogP contribution is -2.44. The van der Waals surface area contributed by atoms with Gasteiger partial charge in [0.2, 0.25) is 0 Å². The summed E-state index contributed by atoms with van der Waals surface area (Å²) in [6, 6.07) is 6.24. The van der Waals surface area contributed by atoms with Gasteiger partial charge < -0.3 is 15.0 Å². The SMILES string of the molecule is CCOC(=O)[C@H]1CCCN(C(=S)Nc2ccc(C)cc2C)C1. The molecule has 22 heavy (non-hydrogen) atoms. The molecule has 1 aromatic rings. The summed E-state index contributed by atoms with van der Waals surface area (Å²) >= 11 is 5.52. The zero-order valence-electron chi connectivity index (χ0n) is 13.5. The molecule has 1 N–H and O–H groups in total. The molecule has 1 saturated heterocycles. The largest absolute Gasteiger partial charge is 0.466 e. The molecular formula is C17H24N2O2S. The summed E-state index contributed by atoms with van der Waals surface area (Å²) in [5.41, 5.74) is 3.42. The van der Waals surface area contributed by atoms with E-state index in [1.54, 1.807) is 0 Å². The van der Waals surface area contributed by atoms with E-state index >= 15 is 0 Å². The van der Waals surface area contributed by atoms with Crippen molar-refractivity contribution in [2.45, 2.75) is 33.6 Å². The van der Waals surface area contributed by atoms with Gasteiger partial charge in [-0.25, -0.2) is 0 Å². The third-order valence-corrected chi connectivity index (χ3v) is 4.31. The van der Waals surface area contributed by atoms with Crippen LogP contribution in [0.3, 0.4) is 0 Å². The van der Waals surface area contributed by atoms with Crippen LogP contribution < -0.4 is 5.32 Å². The monoisotopic (exact) mass is 320 g/mol. The first kappa shape index (κ1) is 16.7. The molecule has 1 heterocycles. The highest BCUT2D eigenvalue weighted by molar-refractivity contribution is 7.80. The summed E-state index contributed by atoms with van der Waals surface area (Å²) in [6.45, 7) is 7.92. The molecule has 0 aliphatic carbocycles. The molecule has 0 unspecified atom stereocenters. The van der Waals surface area contributed by atoms with Crippen LogP contribution in [0.2, 0.25) is 0 Å². The van der Waals surface area contributed by atoms with Crippen molar-refractivity contribution in [3.8, 4) is 0 Å². The highest BCUT2D eigenvalue weighted by Crippen LogP contribution is 2.21. The van der Waals surface area contributed by atoms with Gasteiger partial charge in [-0.05, 0) is 57.5 Å². The van der Waals surface area contributed by atoms with Crippen LogP contribution in [0.25, 0.3) is 0 Å².